The average molecular weight is 321 g/mol. The minimum atomic E-state index is -0.653. The minimum absolute atomic E-state index is 0.139. The Labute approximate surface area is 127 Å². The minimum Gasteiger partial charge on any atom is -0.477 e. The molecule has 0 aliphatic rings. The van der Waals surface area contributed by atoms with Crippen LogP contribution in [0.4, 0.5) is 10.1 Å². The van der Waals surface area contributed by atoms with Gasteiger partial charge in [-0.25, -0.2) is 4.39 Å². The maximum atomic E-state index is 13.2. The molecule has 7 nitrogen and oxygen atoms in total. The lowest BCUT2D eigenvalue weighted by molar-refractivity contribution is -0.386. The number of ether oxygens (including phenoxy) is 1. The summed E-state index contributed by atoms with van der Waals surface area (Å²) >= 11 is 1.49. The predicted octanol–water partition coefficient (Wildman–Crippen LogP) is 3.42. The van der Waals surface area contributed by atoms with Gasteiger partial charge in [-0.05, 0) is 17.5 Å². The second-order valence-corrected chi connectivity index (χ2v) is 4.96. The van der Waals surface area contributed by atoms with Gasteiger partial charge in [-0.15, -0.1) is 0 Å². The van der Waals surface area contributed by atoms with Crippen LogP contribution in [-0.2, 0) is 6.61 Å². The van der Waals surface area contributed by atoms with Crippen molar-refractivity contribution in [2.45, 2.75) is 6.61 Å². The van der Waals surface area contributed by atoms with Crippen LogP contribution in [0.2, 0.25) is 0 Å². The largest absolute Gasteiger partial charge is 0.477 e. The second kappa shape index (κ2) is 5.90. The van der Waals surface area contributed by atoms with Gasteiger partial charge in [0, 0.05) is 23.1 Å². The van der Waals surface area contributed by atoms with Crippen molar-refractivity contribution < 1.29 is 18.6 Å². The molecule has 0 radical (unpaired) electrons. The molecule has 2 aromatic heterocycles. The summed E-state index contributed by atoms with van der Waals surface area (Å²) in [6.45, 7) is -0.193. The van der Waals surface area contributed by atoms with Crippen molar-refractivity contribution >= 4 is 17.0 Å². The Hall–Kier alpha value is -2.81. The maximum absolute atomic E-state index is 13.2. The van der Waals surface area contributed by atoms with Crippen molar-refractivity contribution in [2.24, 2.45) is 0 Å². The van der Waals surface area contributed by atoms with Gasteiger partial charge in [-0.1, -0.05) is 5.16 Å². The Morgan fingerprint density at radius 2 is 2.27 bits per heavy atom. The topological polar surface area (TPSA) is 91.3 Å². The first-order valence-electron chi connectivity index (χ1n) is 6.05. The third kappa shape index (κ3) is 2.93. The standard InChI is InChI=1S/C13H8FN3O4S/c14-9-1-2-10(17(18)19)11(5-9)20-6-12-15-13(16-21-12)8-3-4-22-7-8/h1-5,7H,6H2. The normalized spacial score (nSPS) is 10.6. The molecular weight excluding hydrogens is 313 g/mol. The molecule has 0 bridgehead atoms. The number of benzene rings is 1. The summed E-state index contributed by atoms with van der Waals surface area (Å²) in [4.78, 5) is 14.3. The summed E-state index contributed by atoms with van der Waals surface area (Å²) in [5, 5.41) is 18.4. The third-order valence-electron chi connectivity index (χ3n) is 2.72. The molecule has 2 heterocycles. The van der Waals surface area contributed by atoms with E-state index in [1.54, 1.807) is 0 Å². The van der Waals surface area contributed by atoms with E-state index >= 15 is 0 Å². The summed E-state index contributed by atoms with van der Waals surface area (Å²) in [6, 6.07) is 4.80. The Morgan fingerprint density at radius 3 is 3.00 bits per heavy atom. The van der Waals surface area contributed by atoms with Crippen LogP contribution in [0.5, 0.6) is 5.75 Å². The highest BCUT2D eigenvalue weighted by molar-refractivity contribution is 7.08. The van der Waals surface area contributed by atoms with Crippen molar-refractivity contribution in [1.82, 2.24) is 10.1 Å². The third-order valence-corrected chi connectivity index (χ3v) is 3.40. The lowest BCUT2D eigenvalue weighted by atomic mass is 10.3. The van der Waals surface area contributed by atoms with Crippen LogP contribution < -0.4 is 4.74 Å². The highest BCUT2D eigenvalue weighted by atomic mass is 32.1. The molecule has 0 saturated carbocycles. The van der Waals surface area contributed by atoms with Crippen molar-refractivity contribution in [3.8, 4) is 17.1 Å². The number of thiophene rings is 1. The number of nitro groups is 1. The lowest BCUT2D eigenvalue weighted by Gasteiger charge is -2.03. The molecule has 0 N–H and O–H groups in total. The lowest BCUT2D eigenvalue weighted by Crippen LogP contribution is -2.00. The van der Waals surface area contributed by atoms with Crippen LogP contribution in [0.15, 0.2) is 39.5 Å². The highest BCUT2D eigenvalue weighted by Crippen LogP contribution is 2.28. The van der Waals surface area contributed by atoms with E-state index in [-0.39, 0.29) is 23.9 Å². The molecule has 112 valence electrons. The summed E-state index contributed by atoms with van der Waals surface area (Å²) < 4.78 is 23.4. The molecule has 1 aromatic carbocycles. The summed E-state index contributed by atoms with van der Waals surface area (Å²) in [5.74, 6) is -0.293. The van der Waals surface area contributed by atoms with E-state index in [0.717, 1.165) is 23.8 Å². The summed E-state index contributed by atoms with van der Waals surface area (Å²) in [6.07, 6.45) is 0. The number of hydrogen-bond acceptors (Lipinski definition) is 7. The molecule has 3 rings (SSSR count). The van der Waals surface area contributed by atoms with Crippen LogP contribution in [0.3, 0.4) is 0 Å². The van der Waals surface area contributed by atoms with Crippen molar-refractivity contribution in [1.29, 1.82) is 0 Å². The number of rotatable bonds is 5. The van der Waals surface area contributed by atoms with Crippen LogP contribution in [0, 0.1) is 15.9 Å². The molecular formula is C13H8FN3O4S. The van der Waals surface area contributed by atoms with E-state index in [9.17, 15) is 14.5 Å². The number of halogens is 1. The first kappa shape index (κ1) is 14.1. The highest BCUT2D eigenvalue weighted by Gasteiger charge is 2.17. The van der Waals surface area contributed by atoms with E-state index in [4.69, 9.17) is 9.26 Å². The van der Waals surface area contributed by atoms with Crippen molar-refractivity contribution in [3.05, 3.63) is 56.8 Å². The molecule has 0 aliphatic heterocycles. The number of nitrogens with zero attached hydrogens (tertiary/aromatic N) is 3. The molecule has 3 aromatic rings. The van der Waals surface area contributed by atoms with E-state index < -0.39 is 10.7 Å². The van der Waals surface area contributed by atoms with E-state index in [1.165, 1.54) is 11.3 Å². The fourth-order valence-corrected chi connectivity index (χ4v) is 2.35. The first-order valence-corrected chi connectivity index (χ1v) is 6.99. The average Bonchev–Trinajstić information content (AvgIpc) is 3.16. The van der Waals surface area contributed by atoms with Gasteiger partial charge in [0.25, 0.3) is 5.89 Å². The van der Waals surface area contributed by atoms with Crippen LogP contribution in [-0.4, -0.2) is 15.1 Å². The molecule has 0 fully saturated rings. The zero-order valence-corrected chi connectivity index (χ0v) is 11.7. The van der Waals surface area contributed by atoms with Gasteiger partial charge in [0.05, 0.1) is 4.92 Å². The van der Waals surface area contributed by atoms with Gasteiger partial charge in [0.15, 0.2) is 6.61 Å². The van der Waals surface area contributed by atoms with E-state index in [2.05, 4.69) is 10.1 Å². The fourth-order valence-electron chi connectivity index (χ4n) is 1.72. The first-order chi connectivity index (χ1) is 10.6. The SMILES string of the molecule is O=[N+]([O-])c1ccc(F)cc1OCc1nc(-c2ccsc2)no1. The zero-order chi connectivity index (χ0) is 15.5. The maximum Gasteiger partial charge on any atom is 0.311 e. The van der Waals surface area contributed by atoms with Gasteiger partial charge in [0.1, 0.15) is 5.82 Å². The Kier molecular flexibility index (Phi) is 3.79. The van der Waals surface area contributed by atoms with Crippen molar-refractivity contribution in [2.75, 3.05) is 0 Å². The molecule has 0 amide bonds. The molecule has 0 saturated heterocycles. The molecule has 9 heteroatoms. The van der Waals surface area contributed by atoms with Crippen LogP contribution in [0.25, 0.3) is 11.4 Å². The van der Waals surface area contributed by atoms with Gasteiger partial charge in [-0.3, -0.25) is 10.1 Å². The monoisotopic (exact) mass is 321 g/mol. The summed E-state index contributed by atoms with van der Waals surface area (Å²) in [7, 11) is 0. The predicted molar refractivity (Wildman–Crippen MR) is 75.0 cm³/mol. The van der Waals surface area contributed by atoms with E-state index in [1.807, 2.05) is 16.8 Å². The number of nitro benzene ring substituents is 1. The summed E-state index contributed by atoms with van der Waals surface area (Å²) in [5.41, 5.74) is 0.468. The Bertz CT molecular complexity index is 803. The van der Waals surface area contributed by atoms with Crippen LogP contribution in [0.1, 0.15) is 5.89 Å². The quantitative estimate of drug-likeness (QED) is 0.528. The van der Waals surface area contributed by atoms with Gasteiger partial charge in [-0.2, -0.15) is 16.3 Å². The molecule has 0 unspecified atom stereocenters. The molecule has 0 spiro atoms. The Balaban J connectivity index is 1.76. The van der Waals surface area contributed by atoms with E-state index in [0.29, 0.717) is 5.82 Å². The Morgan fingerprint density at radius 1 is 1.41 bits per heavy atom. The number of hydrogen-bond donors (Lipinski definition) is 0. The van der Waals surface area contributed by atoms with Gasteiger partial charge >= 0.3 is 5.69 Å². The molecule has 0 aliphatic carbocycles. The zero-order valence-electron chi connectivity index (χ0n) is 10.9. The molecule has 0 atom stereocenters. The van der Waals surface area contributed by atoms with Gasteiger partial charge in [0.2, 0.25) is 11.6 Å². The van der Waals surface area contributed by atoms with Crippen molar-refractivity contribution in [3.63, 3.8) is 0 Å². The van der Waals surface area contributed by atoms with Gasteiger partial charge < -0.3 is 9.26 Å². The van der Waals surface area contributed by atoms with Crippen LogP contribution >= 0.6 is 11.3 Å². The number of aromatic nitrogens is 2. The second-order valence-electron chi connectivity index (χ2n) is 4.18. The fraction of sp³-hybridized carbons (Fsp3) is 0.0769. The smallest absolute Gasteiger partial charge is 0.311 e. The molecule has 22 heavy (non-hydrogen) atoms.